The topological polar surface area (TPSA) is 105 Å². The predicted octanol–water partition coefficient (Wildman–Crippen LogP) is 3.73. The van der Waals surface area contributed by atoms with Crippen molar-refractivity contribution < 1.29 is 29.3 Å². The third-order valence-corrected chi connectivity index (χ3v) is 3.56. The SMILES string of the molecule is CCO[C@H](/C=C/C(=O)O)[C@H](OC(=O)Nc1ccccc1)c1ccc(O)cc1. The molecule has 2 aromatic rings. The summed E-state index contributed by atoms with van der Waals surface area (Å²) >= 11 is 0. The third-order valence-electron chi connectivity index (χ3n) is 3.56. The number of carboxylic acid groups (broad SMARTS) is 1. The molecule has 0 bridgehead atoms. The van der Waals surface area contributed by atoms with E-state index in [1.54, 1.807) is 43.3 Å². The van der Waals surface area contributed by atoms with Crippen molar-refractivity contribution in [1.29, 1.82) is 0 Å². The highest BCUT2D eigenvalue weighted by molar-refractivity contribution is 5.84. The lowest BCUT2D eigenvalue weighted by Gasteiger charge is -2.25. The number of hydrogen-bond acceptors (Lipinski definition) is 5. The molecule has 7 heteroatoms. The van der Waals surface area contributed by atoms with E-state index in [1.807, 2.05) is 6.07 Å². The van der Waals surface area contributed by atoms with Gasteiger partial charge in [0.25, 0.3) is 0 Å². The molecular weight excluding hydrogens is 350 g/mol. The number of aliphatic carboxylic acids is 1. The molecule has 1 amide bonds. The zero-order chi connectivity index (χ0) is 19.6. The fourth-order valence-corrected chi connectivity index (χ4v) is 2.39. The maximum atomic E-state index is 12.3. The second-order valence-electron chi connectivity index (χ2n) is 5.53. The minimum absolute atomic E-state index is 0.0558. The first-order chi connectivity index (χ1) is 13.0. The number of phenolic OH excluding ortho intramolecular Hbond substituents is 1. The van der Waals surface area contributed by atoms with Gasteiger partial charge in [-0.2, -0.15) is 0 Å². The molecule has 2 rings (SSSR count). The van der Waals surface area contributed by atoms with Gasteiger partial charge in [0.05, 0.1) is 0 Å². The lowest BCUT2D eigenvalue weighted by Crippen LogP contribution is -2.27. The lowest BCUT2D eigenvalue weighted by atomic mass is 10.0. The molecule has 2 aromatic carbocycles. The zero-order valence-electron chi connectivity index (χ0n) is 14.7. The number of hydrogen-bond donors (Lipinski definition) is 3. The van der Waals surface area contributed by atoms with Crippen LogP contribution in [0.5, 0.6) is 5.75 Å². The smallest absolute Gasteiger partial charge is 0.412 e. The van der Waals surface area contributed by atoms with Crippen LogP contribution in [0, 0.1) is 0 Å². The molecule has 0 fully saturated rings. The second kappa shape index (κ2) is 9.98. The molecule has 0 radical (unpaired) electrons. The van der Waals surface area contributed by atoms with Crippen LogP contribution in [-0.4, -0.2) is 35.0 Å². The number of nitrogens with one attached hydrogen (secondary N) is 1. The molecule has 27 heavy (non-hydrogen) atoms. The Morgan fingerprint density at radius 3 is 2.37 bits per heavy atom. The van der Waals surface area contributed by atoms with Gasteiger partial charge >= 0.3 is 12.1 Å². The highest BCUT2D eigenvalue weighted by Gasteiger charge is 2.26. The van der Waals surface area contributed by atoms with Crippen LogP contribution in [-0.2, 0) is 14.3 Å². The summed E-state index contributed by atoms with van der Waals surface area (Å²) in [6.45, 7) is 2.03. The largest absolute Gasteiger partial charge is 0.508 e. The number of phenols is 1. The van der Waals surface area contributed by atoms with Gasteiger partial charge in [0, 0.05) is 18.4 Å². The quantitative estimate of drug-likeness (QED) is 0.611. The van der Waals surface area contributed by atoms with E-state index in [-0.39, 0.29) is 12.4 Å². The van der Waals surface area contributed by atoms with Gasteiger partial charge in [0.2, 0.25) is 0 Å². The molecule has 7 nitrogen and oxygen atoms in total. The Morgan fingerprint density at radius 2 is 1.78 bits per heavy atom. The standard InChI is InChI=1S/C20H21NO6/c1-2-26-17(12-13-18(23)24)19(14-8-10-16(22)11-9-14)27-20(25)21-15-6-4-3-5-7-15/h3-13,17,19,22H,2H2,1H3,(H,21,25)(H,23,24)/b13-12+/t17-,19-/m1/s1. The van der Waals surface area contributed by atoms with Crippen molar-refractivity contribution in [2.24, 2.45) is 0 Å². The highest BCUT2D eigenvalue weighted by atomic mass is 16.6. The number of anilines is 1. The molecule has 142 valence electrons. The Kier molecular flexibility index (Phi) is 7.39. The predicted molar refractivity (Wildman–Crippen MR) is 99.6 cm³/mol. The number of carbonyl (C=O) groups excluding carboxylic acids is 1. The zero-order valence-corrected chi connectivity index (χ0v) is 14.7. The average Bonchev–Trinajstić information content (AvgIpc) is 2.65. The third kappa shape index (κ3) is 6.48. The number of para-hydroxylation sites is 1. The van der Waals surface area contributed by atoms with Gasteiger partial charge in [-0.1, -0.05) is 30.3 Å². The van der Waals surface area contributed by atoms with Crippen molar-refractivity contribution in [3.8, 4) is 5.75 Å². The number of benzene rings is 2. The highest BCUT2D eigenvalue weighted by Crippen LogP contribution is 2.27. The molecule has 0 aromatic heterocycles. The first-order valence-electron chi connectivity index (χ1n) is 8.34. The Labute approximate surface area is 156 Å². The summed E-state index contributed by atoms with van der Waals surface area (Å²) in [5.74, 6) is -1.09. The monoisotopic (exact) mass is 371 g/mol. The number of ether oxygens (including phenoxy) is 2. The van der Waals surface area contributed by atoms with Crippen LogP contribution in [0.2, 0.25) is 0 Å². The first kappa shape index (κ1) is 20.0. The van der Waals surface area contributed by atoms with Crippen LogP contribution >= 0.6 is 0 Å². The van der Waals surface area contributed by atoms with Crippen LogP contribution in [0.15, 0.2) is 66.7 Å². The van der Waals surface area contributed by atoms with Gasteiger partial charge in [-0.15, -0.1) is 0 Å². The number of rotatable bonds is 8. The van der Waals surface area contributed by atoms with E-state index in [9.17, 15) is 14.7 Å². The molecule has 0 unspecified atom stereocenters. The number of carboxylic acids is 1. The van der Waals surface area contributed by atoms with Crippen molar-refractivity contribution in [2.75, 3.05) is 11.9 Å². The summed E-state index contributed by atoms with van der Waals surface area (Å²) in [4.78, 5) is 23.2. The summed E-state index contributed by atoms with van der Waals surface area (Å²) in [6.07, 6.45) is -0.194. The fourth-order valence-electron chi connectivity index (χ4n) is 2.39. The van der Waals surface area contributed by atoms with Crippen molar-refractivity contribution in [3.05, 3.63) is 72.3 Å². The van der Waals surface area contributed by atoms with Crippen molar-refractivity contribution in [1.82, 2.24) is 0 Å². The Bertz CT molecular complexity index is 773. The van der Waals surface area contributed by atoms with E-state index in [4.69, 9.17) is 14.6 Å². The minimum atomic E-state index is -1.14. The van der Waals surface area contributed by atoms with Crippen LogP contribution in [0.1, 0.15) is 18.6 Å². The van der Waals surface area contributed by atoms with Crippen LogP contribution in [0.3, 0.4) is 0 Å². The first-order valence-corrected chi connectivity index (χ1v) is 8.34. The minimum Gasteiger partial charge on any atom is -0.508 e. The average molecular weight is 371 g/mol. The molecule has 2 atom stereocenters. The van der Waals surface area contributed by atoms with Crippen molar-refractivity contribution in [3.63, 3.8) is 0 Å². The van der Waals surface area contributed by atoms with E-state index in [0.717, 1.165) is 6.08 Å². The summed E-state index contributed by atoms with van der Waals surface area (Å²) < 4.78 is 11.1. The molecule has 0 aliphatic rings. The van der Waals surface area contributed by atoms with E-state index in [0.29, 0.717) is 11.3 Å². The summed E-state index contributed by atoms with van der Waals surface area (Å²) in [6, 6.07) is 14.8. The van der Waals surface area contributed by atoms with E-state index in [2.05, 4.69) is 5.32 Å². The number of aromatic hydroxyl groups is 1. The van der Waals surface area contributed by atoms with Crippen LogP contribution in [0.4, 0.5) is 10.5 Å². The van der Waals surface area contributed by atoms with E-state index in [1.165, 1.54) is 18.2 Å². The summed E-state index contributed by atoms with van der Waals surface area (Å²) in [5.41, 5.74) is 1.10. The fraction of sp³-hybridized carbons (Fsp3) is 0.200. The summed E-state index contributed by atoms with van der Waals surface area (Å²) in [7, 11) is 0. The maximum Gasteiger partial charge on any atom is 0.412 e. The normalized spacial score (nSPS) is 13.1. The van der Waals surface area contributed by atoms with Gasteiger partial charge in [-0.05, 0) is 42.8 Å². The number of carbonyl (C=O) groups is 2. The lowest BCUT2D eigenvalue weighted by molar-refractivity contribution is -0.131. The maximum absolute atomic E-state index is 12.3. The number of amides is 1. The van der Waals surface area contributed by atoms with Crippen LogP contribution in [0.25, 0.3) is 0 Å². The Balaban J connectivity index is 2.25. The van der Waals surface area contributed by atoms with Crippen LogP contribution < -0.4 is 5.32 Å². The Morgan fingerprint density at radius 1 is 1.11 bits per heavy atom. The van der Waals surface area contributed by atoms with Gasteiger partial charge in [-0.3, -0.25) is 5.32 Å². The molecule has 3 N–H and O–H groups in total. The van der Waals surface area contributed by atoms with Gasteiger partial charge in [0.1, 0.15) is 11.9 Å². The summed E-state index contributed by atoms with van der Waals surface area (Å²) in [5, 5.41) is 21.0. The van der Waals surface area contributed by atoms with E-state index >= 15 is 0 Å². The van der Waals surface area contributed by atoms with Gasteiger partial charge in [-0.25, -0.2) is 9.59 Å². The molecular formula is C20H21NO6. The molecule has 0 saturated heterocycles. The molecule has 0 saturated carbocycles. The molecule has 0 heterocycles. The Hall–Kier alpha value is -3.32. The van der Waals surface area contributed by atoms with Crippen molar-refractivity contribution in [2.45, 2.75) is 19.1 Å². The van der Waals surface area contributed by atoms with E-state index < -0.39 is 24.3 Å². The molecule has 0 spiro atoms. The van der Waals surface area contributed by atoms with Crippen molar-refractivity contribution >= 4 is 17.7 Å². The van der Waals surface area contributed by atoms with Gasteiger partial charge in [0.15, 0.2) is 6.10 Å². The molecule has 0 aliphatic carbocycles. The molecule has 0 aliphatic heterocycles. The van der Waals surface area contributed by atoms with Gasteiger partial charge < -0.3 is 19.7 Å². The second-order valence-corrected chi connectivity index (χ2v) is 5.53.